The number of amides is 1. The van der Waals surface area contributed by atoms with E-state index in [0.717, 1.165) is 18.4 Å². The van der Waals surface area contributed by atoms with E-state index in [4.69, 9.17) is 4.74 Å². The Hall–Kier alpha value is -1.39. The van der Waals surface area contributed by atoms with Crippen LogP contribution in [0.1, 0.15) is 44.0 Å². The molecule has 1 aromatic rings. The third-order valence-corrected chi connectivity index (χ3v) is 4.31. The van der Waals surface area contributed by atoms with Crippen molar-refractivity contribution in [3.8, 4) is 0 Å². The number of hydrogen-bond donors (Lipinski definition) is 1. The Bertz CT molecular complexity index is 503. The maximum Gasteiger partial charge on any atom is 0.244 e. The molecule has 1 saturated heterocycles. The maximum absolute atomic E-state index is 12.7. The second-order valence-corrected chi connectivity index (χ2v) is 5.99. The van der Waals surface area contributed by atoms with Gasteiger partial charge < -0.3 is 9.64 Å². The number of nitrogens with one attached hydrogen (secondary N) is 1. The van der Waals surface area contributed by atoms with Gasteiger partial charge in [0.2, 0.25) is 5.91 Å². The number of aryl methyl sites for hydroxylation is 1. The molecular weight excluding hydrogens is 264 g/mol. The van der Waals surface area contributed by atoms with E-state index in [-0.39, 0.29) is 12.1 Å². The number of rotatable bonds is 6. The molecule has 1 aromatic carbocycles. The minimum atomic E-state index is -0.471. The average Bonchev–Trinajstić information content (AvgIpc) is 2.73. The summed E-state index contributed by atoms with van der Waals surface area (Å²) in [6, 6.07) is 8.36. The van der Waals surface area contributed by atoms with Crippen LogP contribution in [0.4, 0.5) is 0 Å². The van der Waals surface area contributed by atoms with E-state index < -0.39 is 5.54 Å². The van der Waals surface area contributed by atoms with Gasteiger partial charge in [0.15, 0.2) is 0 Å². The minimum Gasteiger partial charge on any atom is -0.385 e. The van der Waals surface area contributed by atoms with Gasteiger partial charge >= 0.3 is 0 Å². The Morgan fingerprint density at radius 3 is 2.81 bits per heavy atom. The van der Waals surface area contributed by atoms with Crippen molar-refractivity contribution in [2.75, 3.05) is 20.3 Å². The lowest BCUT2D eigenvalue weighted by molar-refractivity contribution is -0.133. The maximum atomic E-state index is 12.7. The molecule has 0 spiro atoms. The molecule has 0 aliphatic carbocycles. The molecule has 1 heterocycles. The minimum absolute atomic E-state index is 0.0424. The molecule has 116 valence electrons. The molecule has 0 radical (unpaired) electrons. The number of hydrogen-bond acceptors (Lipinski definition) is 3. The monoisotopic (exact) mass is 290 g/mol. The van der Waals surface area contributed by atoms with E-state index in [0.29, 0.717) is 13.2 Å². The van der Waals surface area contributed by atoms with Gasteiger partial charge in [-0.3, -0.25) is 10.1 Å². The summed E-state index contributed by atoms with van der Waals surface area (Å²) in [6.45, 7) is 7.51. The topological polar surface area (TPSA) is 41.6 Å². The fourth-order valence-electron chi connectivity index (χ4n) is 2.84. The molecule has 2 unspecified atom stereocenters. The van der Waals surface area contributed by atoms with Crippen LogP contribution < -0.4 is 5.32 Å². The molecule has 4 heteroatoms. The second kappa shape index (κ2) is 6.58. The fourth-order valence-corrected chi connectivity index (χ4v) is 2.84. The Morgan fingerprint density at radius 1 is 1.43 bits per heavy atom. The molecule has 0 aromatic heterocycles. The van der Waals surface area contributed by atoms with Crippen molar-refractivity contribution in [3.05, 3.63) is 35.4 Å². The zero-order chi connectivity index (χ0) is 15.5. The van der Waals surface area contributed by atoms with Gasteiger partial charge in [-0.25, -0.2) is 0 Å². The lowest BCUT2D eigenvalue weighted by Crippen LogP contribution is -2.43. The fraction of sp³-hybridized carbons (Fsp3) is 0.588. The Kier molecular flexibility index (Phi) is 5.01. The van der Waals surface area contributed by atoms with Crippen LogP contribution in [0.15, 0.2) is 24.3 Å². The van der Waals surface area contributed by atoms with Gasteiger partial charge in [-0.15, -0.1) is 0 Å². The number of carbonyl (C=O) groups excluding carboxylic acids is 1. The number of methoxy groups -OCH3 is 1. The highest BCUT2D eigenvalue weighted by molar-refractivity contribution is 5.88. The van der Waals surface area contributed by atoms with Gasteiger partial charge in [0.05, 0.1) is 5.54 Å². The summed E-state index contributed by atoms with van der Waals surface area (Å²) in [4.78, 5) is 14.7. The molecule has 21 heavy (non-hydrogen) atoms. The van der Waals surface area contributed by atoms with Crippen molar-refractivity contribution in [1.29, 1.82) is 0 Å². The SMILES string of the molecule is CCC1(C)NC(c2cccc(C)c2)N(CCCOC)C1=O. The Balaban J connectivity index is 2.25. The van der Waals surface area contributed by atoms with Gasteiger partial charge in [0.1, 0.15) is 6.17 Å². The largest absolute Gasteiger partial charge is 0.385 e. The molecule has 1 aliphatic heterocycles. The summed E-state index contributed by atoms with van der Waals surface area (Å²) in [5, 5.41) is 3.52. The van der Waals surface area contributed by atoms with Crippen LogP contribution in [0, 0.1) is 6.92 Å². The quantitative estimate of drug-likeness (QED) is 0.819. The van der Waals surface area contributed by atoms with Crippen molar-refractivity contribution in [2.45, 2.75) is 45.3 Å². The van der Waals surface area contributed by atoms with Crippen LogP contribution in [0.5, 0.6) is 0 Å². The van der Waals surface area contributed by atoms with E-state index in [9.17, 15) is 4.79 Å². The Morgan fingerprint density at radius 2 is 2.19 bits per heavy atom. The van der Waals surface area contributed by atoms with Crippen molar-refractivity contribution in [2.24, 2.45) is 0 Å². The second-order valence-electron chi connectivity index (χ2n) is 5.99. The van der Waals surface area contributed by atoms with Crippen LogP contribution in [0.2, 0.25) is 0 Å². The zero-order valence-electron chi connectivity index (χ0n) is 13.5. The van der Waals surface area contributed by atoms with Gasteiger partial charge in [0.25, 0.3) is 0 Å². The molecule has 1 N–H and O–H groups in total. The van der Waals surface area contributed by atoms with Crippen molar-refractivity contribution >= 4 is 5.91 Å². The van der Waals surface area contributed by atoms with Crippen molar-refractivity contribution in [1.82, 2.24) is 10.2 Å². The van der Waals surface area contributed by atoms with E-state index in [2.05, 4.69) is 37.4 Å². The summed E-state index contributed by atoms with van der Waals surface area (Å²) in [5.41, 5.74) is 1.89. The molecule has 0 bridgehead atoms. The highest BCUT2D eigenvalue weighted by atomic mass is 16.5. The zero-order valence-corrected chi connectivity index (χ0v) is 13.5. The van der Waals surface area contributed by atoms with Crippen LogP contribution in [0.25, 0.3) is 0 Å². The Labute approximate surface area is 127 Å². The predicted octanol–water partition coefficient (Wildman–Crippen LogP) is 2.63. The molecule has 4 nitrogen and oxygen atoms in total. The molecule has 1 fully saturated rings. The van der Waals surface area contributed by atoms with Crippen molar-refractivity contribution < 1.29 is 9.53 Å². The van der Waals surface area contributed by atoms with Crippen LogP contribution in [-0.4, -0.2) is 36.6 Å². The van der Waals surface area contributed by atoms with Crippen LogP contribution >= 0.6 is 0 Å². The van der Waals surface area contributed by atoms with E-state index in [1.807, 2.05) is 17.9 Å². The van der Waals surface area contributed by atoms with Gasteiger partial charge in [0, 0.05) is 20.3 Å². The van der Waals surface area contributed by atoms with Gasteiger partial charge in [-0.1, -0.05) is 36.8 Å². The first kappa shape index (κ1) is 16.0. The summed E-state index contributed by atoms with van der Waals surface area (Å²) in [7, 11) is 1.69. The van der Waals surface area contributed by atoms with E-state index in [1.165, 1.54) is 5.56 Å². The number of carbonyl (C=O) groups is 1. The smallest absolute Gasteiger partial charge is 0.244 e. The average molecular weight is 290 g/mol. The number of benzene rings is 1. The molecule has 2 atom stereocenters. The van der Waals surface area contributed by atoms with Gasteiger partial charge in [-0.05, 0) is 32.3 Å². The first-order valence-electron chi connectivity index (χ1n) is 7.66. The van der Waals surface area contributed by atoms with Gasteiger partial charge in [-0.2, -0.15) is 0 Å². The molecule has 1 amide bonds. The summed E-state index contributed by atoms with van der Waals surface area (Å²) >= 11 is 0. The highest BCUT2D eigenvalue weighted by Crippen LogP contribution is 2.32. The molecular formula is C17H26N2O2. The number of ether oxygens (including phenoxy) is 1. The third kappa shape index (κ3) is 3.27. The lowest BCUT2D eigenvalue weighted by atomic mass is 9.99. The summed E-state index contributed by atoms with van der Waals surface area (Å²) < 4.78 is 5.12. The molecule has 1 aliphatic rings. The first-order valence-corrected chi connectivity index (χ1v) is 7.66. The number of nitrogens with zero attached hydrogens (tertiary/aromatic N) is 1. The third-order valence-electron chi connectivity index (χ3n) is 4.31. The lowest BCUT2D eigenvalue weighted by Gasteiger charge is -2.24. The molecule has 2 rings (SSSR count). The van der Waals surface area contributed by atoms with Crippen LogP contribution in [-0.2, 0) is 9.53 Å². The summed E-state index contributed by atoms with van der Waals surface area (Å²) in [6.07, 6.45) is 1.60. The normalized spacial score (nSPS) is 25.6. The van der Waals surface area contributed by atoms with E-state index in [1.54, 1.807) is 7.11 Å². The highest BCUT2D eigenvalue weighted by Gasteiger charge is 2.46. The molecule has 0 saturated carbocycles. The predicted molar refractivity (Wildman–Crippen MR) is 84.0 cm³/mol. The standard InChI is InChI=1S/C17H26N2O2/c1-5-17(3)16(20)19(10-7-11-21-4)15(18-17)14-9-6-8-13(2)12-14/h6,8-9,12,15,18H,5,7,10-11H2,1-4H3. The van der Waals surface area contributed by atoms with Crippen LogP contribution in [0.3, 0.4) is 0 Å². The van der Waals surface area contributed by atoms with E-state index >= 15 is 0 Å². The first-order chi connectivity index (χ1) is 10.0. The summed E-state index contributed by atoms with van der Waals surface area (Å²) in [5.74, 6) is 0.188. The van der Waals surface area contributed by atoms with Crippen molar-refractivity contribution in [3.63, 3.8) is 0 Å².